The van der Waals surface area contributed by atoms with Crippen LogP contribution in [0.25, 0.3) is 0 Å². The third-order valence-corrected chi connectivity index (χ3v) is 3.20. The smallest absolute Gasteiger partial charge is 0.323 e. The number of hydrogen-bond donors (Lipinski definition) is 2. The number of terminal acetylenes is 1. The minimum Gasteiger partial charge on any atom is -0.480 e. The summed E-state index contributed by atoms with van der Waals surface area (Å²) in [4.78, 5) is 35.6. The topological polar surface area (TPSA) is 86.7 Å². The molecule has 0 radical (unpaired) electrons. The van der Waals surface area contributed by atoms with E-state index in [4.69, 9.17) is 11.5 Å². The Kier molecular flexibility index (Phi) is 6.26. The Bertz CT molecular complexity index is 519. The van der Waals surface area contributed by atoms with Crippen LogP contribution in [0.1, 0.15) is 16.1 Å². The van der Waals surface area contributed by atoms with Crippen molar-refractivity contribution in [2.75, 3.05) is 19.6 Å². The number of carboxylic acid groups (broad SMARTS) is 1. The van der Waals surface area contributed by atoms with Crippen LogP contribution in [0.3, 0.4) is 0 Å². The van der Waals surface area contributed by atoms with E-state index >= 15 is 0 Å². The molecule has 1 heterocycles. The average Bonchev–Trinajstić information content (AvgIpc) is 2.91. The minimum atomic E-state index is -1.13. The van der Waals surface area contributed by atoms with Gasteiger partial charge in [-0.2, -0.15) is 0 Å². The van der Waals surface area contributed by atoms with Gasteiger partial charge in [0.05, 0.1) is 11.4 Å². The third kappa shape index (κ3) is 5.12. The van der Waals surface area contributed by atoms with E-state index in [-0.39, 0.29) is 25.4 Å². The second kappa shape index (κ2) is 7.96. The maximum Gasteiger partial charge on any atom is 0.323 e. The molecule has 0 aromatic carbocycles. The van der Waals surface area contributed by atoms with Crippen molar-refractivity contribution in [3.05, 3.63) is 22.4 Å². The van der Waals surface area contributed by atoms with Crippen molar-refractivity contribution in [1.29, 1.82) is 0 Å². The number of hydrogen-bond acceptors (Lipinski definition) is 4. The first-order valence-electron chi connectivity index (χ1n) is 5.79. The van der Waals surface area contributed by atoms with Crippen molar-refractivity contribution in [3.8, 4) is 12.3 Å². The van der Waals surface area contributed by atoms with E-state index in [9.17, 15) is 14.4 Å². The third-order valence-electron chi connectivity index (χ3n) is 2.33. The van der Waals surface area contributed by atoms with Crippen molar-refractivity contribution in [1.82, 2.24) is 10.2 Å². The Morgan fingerprint density at radius 2 is 2.20 bits per heavy atom. The van der Waals surface area contributed by atoms with Gasteiger partial charge in [0.2, 0.25) is 5.91 Å². The highest BCUT2D eigenvalue weighted by molar-refractivity contribution is 7.12. The van der Waals surface area contributed by atoms with E-state index in [1.165, 1.54) is 11.3 Å². The fraction of sp³-hybridized carbons (Fsp3) is 0.308. The molecule has 106 valence electrons. The lowest BCUT2D eigenvalue weighted by Crippen LogP contribution is -2.38. The van der Waals surface area contributed by atoms with E-state index in [2.05, 4.69) is 11.2 Å². The van der Waals surface area contributed by atoms with Gasteiger partial charge in [-0.25, -0.2) is 0 Å². The lowest BCUT2D eigenvalue weighted by atomic mass is 10.3. The van der Waals surface area contributed by atoms with Crippen molar-refractivity contribution < 1.29 is 19.5 Å². The van der Waals surface area contributed by atoms with Crippen LogP contribution in [-0.4, -0.2) is 47.4 Å². The molecule has 2 N–H and O–H groups in total. The second-order valence-electron chi connectivity index (χ2n) is 3.83. The second-order valence-corrected chi connectivity index (χ2v) is 4.78. The quantitative estimate of drug-likeness (QED) is 0.713. The van der Waals surface area contributed by atoms with Gasteiger partial charge in [0.25, 0.3) is 5.91 Å². The Morgan fingerprint density at radius 1 is 1.45 bits per heavy atom. The summed E-state index contributed by atoms with van der Waals surface area (Å²) in [5.41, 5.74) is 0. The summed E-state index contributed by atoms with van der Waals surface area (Å²) >= 11 is 1.30. The number of carbonyl (C=O) groups excluding carboxylic acids is 2. The van der Waals surface area contributed by atoms with Crippen LogP contribution >= 0.6 is 11.3 Å². The number of aliphatic carboxylic acids is 1. The fourth-order valence-corrected chi connectivity index (χ4v) is 2.08. The molecule has 1 aromatic rings. The molecular formula is C13H14N2O4S. The molecule has 0 spiro atoms. The number of thiophene rings is 1. The van der Waals surface area contributed by atoms with Gasteiger partial charge < -0.3 is 15.3 Å². The van der Waals surface area contributed by atoms with Gasteiger partial charge in [-0.05, 0) is 11.4 Å². The van der Waals surface area contributed by atoms with Crippen LogP contribution in [0, 0.1) is 12.3 Å². The summed E-state index contributed by atoms with van der Waals surface area (Å²) in [6.07, 6.45) is 5.08. The zero-order chi connectivity index (χ0) is 15.0. The lowest BCUT2D eigenvalue weighted by molar-refractivity contribution is -0.143. The molecule has 0 atom stereocenters. The van der Waals surface area contributed by atoms with Gasteiger partial charge in [0.15, 0.2) is 0 Å². The Hall–Kier alpha value is -2.33. The largest absolute Gasteiger partial charge is 0.480 e. The Balaban J connectivity index is 2.39. The first-order chi connectivity index (χ1) is 9.54. The molecule has 0 unspecified atom stereocenters. The van der Waals surface area contributed by atoms with Crippen LogP contribution < -0.4 is 5.32 Å². The zero-order valence-corrected chi connectivity index (χ0v) is 11.5. The van der Waals surface area contributed by atoms with Crippen molar-refractivity contribution in [2.24, 2.45) is 0 Å². The van der Waals surface area contributed by atoms with Gasteiger partial charge in [0.1, 0.15) is 6.54 Å². The summed E-state index contributed by atoms with van der Waals surface area (Å²) in [6, 6.07) is 3.43. The highest BCUT2D eigenvalue weighted by Gasteiger charge is 2.16. The van der Waals surface area contributed by atoms with Gasteiger partial charge in [-0.15, -0.1) is 17.8 Å². The predicted octanol–water partition coefficient (Wildman–Crippen LogP) is 0.414. The number of carbonyl (C=O) groups is 3. The van der Waals surface area contributed by atoms with E-state index in [1.807, 2.05) is 0 Å². The molecule has 0 aliphatic rings. The van der Waals surface area contributed by atoms with Crippen LogP contribution in [0.2, 0.25) is 0 Å². The molecular weight excluding hydrogens is 280 g/mol. The highest BCUT2D eigenvalue weighted by atomic mass is 32.1. The Morgan fingerprint density at radius 3 is 2.75 bits per heavy atom. The number of nitrogens with zero attached hydrogens (tertiary/aromatic N) is 1. The summed E-state index contributed by atoms with van der Waals surface area (Å²) in [7, 11) is 0. The number of nitrogens with one attached hydrogen (secondary N) is 1. The molecule has 0 saturated carbocycles. The molecule has 1 rings (SSSR count). The maximum absolute atomic E-state index is 11.8. The van der Waals surface area contributed by atoms with Gasteiger partial charge in [0, 0.05) is 13.0 Å². The molecule has 6 nitrogen and oxygen atoms in total. The van der Waals surface area contributed by atoms with Crippen molar-refractivity contribution in [2.45, 2.75) is 6.42 Å². The monoisotopic (exact) mass is 294 g/mol. The number of amides is 2. The molecule has 2 amide bonds. The summed E-state index contributed by atoms with van der Waals surface area (Å²) in [5, 5.41) is 13.0. The van der Waals surface area contributed by atoms with Crippen molar-refractivity contribution >= 4 is 29.1 Å². The van der Waals surface area contributed by atoms with Gasteiger partial charge in [-0.1, -0.05) is 12.0 Å². The molecule has 1 aromatic heterocycles. The summed E-state index contributed by atoms with van der Waals surface area (Å²) in [6.45, 7) is -0.373. The van der Waals surface area contributed by atoms with Crippen LogP contribution in [0.4, 0.5) is 0 Å². The zero-order valence-electron chi connectivity index (χ0n) is 10.7. The molecule has 0 aliphatic heterocycles. The first kappa shape index (κ1) is 15.7. The maximum atomic E-state index is 11.8. The lowest BCUT2D eigenvalue weighted by Gasteiger charge is -2.17. The van der Waals surface area contributed by atoms with E-state index < -0.39 is 18.4 Å². The summed E-state index contributed by atoms with van der Waals surface area (Å²) in [5.74, 6) is 0.442. The Labute approximate surface area is 120 Å². The molecule has 20 heavy (non-hydrogen) atoms. The van der Waals surface area contributed by atoms with Crippen molar-refractivity contribution in [3.63, 3.8) is 0 Å². The SMILES string of the molecule is C#CCN(CC(=O)O)C(=O)CCNC(=O)c1cccs1. The molecule has 0 bridgehead atoms. The van der Waals surface area contributed by atoms with E-state index in [0.29, 0.717) is 4.88 Å². The van der Waals surface area contributed by atoms with E-state index in [0.717, 1.165) is 4.90 Å². The molecule has 7 heteroatoms. The highest BCUT2D eigenvalue weighted by Crippen LogP contribution is 2.07. The molecule has 0 aliphatic carbocycles. The molecule has 0 fully saturated rings. The molecule has 0 saturated heterocycles. The van der Waals surface area contributed by atoms with Crippen LogP contribution in [-0.2, 0) is 9.59 Å². The first-order valence-corrected chi connectivity index (χ1v) is 6.67. The van der Waals surface area contributed by atoms with Crippen LogP contribution in [0.5, 0.6) is 0 Å². The number of rotatable bonds is 7. The van der Waals surface area contributed by atoms with Gasteiger partial charge >= 0.3 is 5.97 Å². The van der Waals surface area contributed by atoms with Gasteiger partial charge in [-0.3, -0.25) is 14.4 Å². The van der Waals surface area contributed by atoms with E-state index in [1.54, 1.807) is 17.5 Å². The predicted molar refractivity (Wildman–Crippen MR) is 74.3 cm³/mol. The minimum absolute atomic E-state index is 0.00603. The normalized spacial score (nSPS) is 9.55. The van der Waals surface area contributed by atoms with Crippen LogP contribution in [0.15, 0.2) is 17.5 Å². The summed E-state index contributed by atoms with van der Waals surface area (Å²) < 4.78 is 0. The standard InChI is InChI=1S/C13H14N2O4S/c1-2-7-15(9-12(17)18)11(16)5-6-14-13(19)10-4-3-8-20-10/h1,3-4,8H,5-7,9H2,(H,14,19)(H,17,18). The number of carboxylic acids is 1. The average molecular weight is 294 g/mol. The fourth-order valence-electron chi connectivity index (χ4n) is 1.44.